The van der Waals surface area contributed by atoms with Gasteiger partial charge < -0.3 is 16.2 Å². The molecule has 1 rings (SSSR count). The Morgan fingerprint density at radius 2 is 2.28 bits per heavy atom. The van der Waals surface area contributed by atoms with Crippen LogP contribution in [0.5, 0.6) is 0 Å². The molecule has 0 saturated carbocycles. The monoisotopic (exact) mass is 272 g/mol. The zero-order chi connectivity index (χ0) is 13.7. The lowest BCUT2D eigenvalue weighted by Gasteiger charge is -2.16. The van der Waals surface area contributed by atoms with Gasteiger partial charge in [-0.15, -0.1) is 0 Å². The number of nitrogen functional groups attached to an aromatic ring is 1. The average Bonchev–Trinajstić information content (AvgIpc) is 2.29. The van der Waals surface area contributed by atoms with Gasteiger partial charge >= 0.3 is 5.97 Å². The Balaban J connectivity index is 2.88. The third kappa shape index (κ3) is 3.80. The molecule has 4 nitrogen and oxygen atoms in total. The van der Waals surface area contributed by atoms with Gasteiger partial charge in [0.1, 0.15) is 5.82 Å². The minimum Gasteiger partial charge on any atom is -0.478 e. The van der Waals surface area contributed by atoms with Gasteiger partial charge in [0.05, 0.1) is 11.3 Å². The molecule has 1 aromatic carbocycles. The molecule has 1 unspecified atom stereocenters. The van der Waals surface area contributed by atoms with Crippen molar-refractivity contribution < 1.29 is 14.3 Å². The summed E-state index contributed by atoms with van der Waals surface area (Å²) in [6, 6.07) is 2.34. The van der Waals surface area contributed by atoms with Gasteiger partial charge in [0.15, 0.2) is 0 Å². The van der Waals surface area contributed by atoms with E-state index in [1.54, 1.807) is 11.8 Å². The average molecular weight is 272 g/mol. The molecule has 0 aliphatic heterocycles. The Hall–Kier alpha value is -1.43. The van der Waals surface area contributed by atoms with Crippen molar-refractivity contribution in [1.82, 2.24) is 0 Å². The lowest BCUT2D eigenvalue weighted by Crippen LogP contribution is -2.17. The van der Waals surface area contributed by atoms with Crippen LogP contribution in [-0.4, -0.2) is 29.1 Å². The van der Waals surface area contributed by atoms with Crippen LogP contribution in [-0.2, 0) is 0 Å². The van der Waals surface area contributed by atoms with Crippen molar-refractivity contribution in [2.45, 2.75) is 19.4 Å². The summed E-state index contributed by atoms with van der Waals surface area (Å²) in [5.41, 5.74) is 5.47. The van der Waals surface area contributed by atoms with Crippen molar-refractivity contribution in [3.63, 3.8) is 0 Å². The summed E-state index contributed by atoms with van der Waals surface area (Å²) in [7, 11) is 0. The second-order valence-corrected chi connectivity index (χ2v) is 5.04. The Kier molecular flexibility index (Phi) is 5.27. The maximum Gasteiger partial charge on any atom is 0.337 e. The molecule has 1 atom stereocenters. The van der Waals surface area contributed by atoms with E-state index in [1.807, 2.05) is 13.2 Å². The fourth-order valence-corrected chi connectivity index (χ4v) is 2.11. The van der Waals surface area contributed by atoms with Gasteiger partial charge in [-0.3, -0.25) is 0 Å². The molecule has 0 aliphatic rings. The summed E-state index contributed by atoms with van der Waals surface area (Å²) < 4.78 is 13.6. The van der Waals surface area contributed by atoms with E-state index in [1.165, 1.54) is 6.07 Å². The smallest absolute Gasteiger partial charge is 0.337 e. The maximum absolute atomic E-state index is 13.6. The van der Waals surface area contributed by atoms with Crippen molar-refractivity contribution in [2.24, 2.45) is 0 Å². The number of hydrogen-bond donors (Lipinski definition) is 3. The van der Waals surface area contributed by atoms with Crippen LogP contribution in [0.4, 0.5) is 15.8 Å². The number of benzene rings is 1. The number of carboxylic acids is 1. The summed E-state index contributed by atoms with van der Waals surface area (Å²) in [5, 5.41) is 11.9. The quantitative estimate of drug-likeness (QED) is 0.694. The van der Waals surface area contributed by atoms with Gasteiger partial charge in [-0.05, 0) is 37.5 Å². The van der Waals surface area contributed by atoms with Gasteiger partial charge in [0.2, 0.25) is 0 Å². The highest BCUT2D eigenvalue weighted by molar-refractivity contribution is 7.98. The van der Waals surface area contributed by atoms with Gasteiger partial charge in [-0.1, -0.05) is 0 Å². The fourth-order valence-electron chi connectivity index (χ4n) is 1.52. The van der Waals surface area contributed by atoms with E-state index >= 15 is 0 Å². The zero-order valence-electron chi connectivity index (χ0n) is 10.4. The standard InChI is InChI=1S/C12H17FN2O2S/c1-7(3-4-18-2)15-11-5-8(12(16)17)10(14)6-9(11)13/h5-7,15H,3-4,14H2,1-2H3,(H,16,17). The van der Waals surface area contributed by atoms with Crippen LogP contribution < -0.4 is 11.1 Å². The van der Waals surface area contributed by atoms with Crippen LogP contribution in [0.15, 0.2) is 12.1 Å². The molecule has 100 valence electrons. The second-order valence-electron chi connectivity index (χ2n) is 4.05. The van der Waals surface area contributed by atoms with Crippen molar-refractivity contribution in [3.05, 3.63) is 23.5 Å². The van der Waals surface area contributed by atoms with E-state index in [9.17, 15) is 9.18 Å². The third-order valence-corrected chi connectivity index (χ3v) is 3.17. The SMILES string of the molecule is CSCCC(C)Nc1cc(C(=O)O)c(N)cc1F. The zero-order valence-corrected chi connectivity index (χ0v) is 11.2. The number of anilines is 2. The maximum atomic E-state index is 13.6. The van der Waals surface area contributed by atoms with Crippen LogP contribution in [0.2, 0.25) is 0 Å². The highest BCUT2D eigenvalue weighted by atomic mass is 32.2. The first-order chi connectivity index (χ1) is 8.45. The molecule has 0 aromatic heterocycles. The minimum absolute atomic E-state index is 0.0669. The summed E-state index contributed by atoms with van der Waals surface area (Å²) in [4.78, 5) is 10.9. The van der Waals surface area contributed by atoms with E-state index < -0.39 is 11.8 Å². The molecular formula is C12H17FN2O2S. The Morgan fingerprint density at radius 1 is 1.61 bits per heavy atom. The number of nitrogens with two attached hydrogens (primary N) is 1. The molecule has 0 aliphatic carbocycles. The molecular weight excluding hydrogens is 255 g/mol. The molecule has 0 bridgehead atoms. The summed E-state index contributed by atoms with van der Waals surface area (Å²) in [6.45, 7) is 1.92. The Labute approximate surface area is 110 Å². The Morgan fingerprint density at radius 3 is 2.83 bits per heavy atom. The molecule has 1 aromatic rings. The van der Waals surface area contributed by atoms with Crippen molar-refractivity contribution in [2.75, 3.05) is 23.1 Å². The first kappa shape index (κ1) is 14.6. The molecule has 18 heavy (non-hydrogen) atoms. The summed E-state index contributed by atoms with van der Waals surface area (Å²) >= 11 is 1.71. The lowest BCUT2D eigenvalue weighted by molar-refractivity contribution is 0.0698. The first-order valence-corrected chi connectivity index (χ1v) is 6.93. The number of rotatable bonds is 6. The van der Waals surface area contributed by atoms with Crippen LogP contribution in [0.3, 0.4) is 0 Å². The number of thioether (sulfide) groups is 1. The topological polar surface area (TPSA) is 75.3 Å². The molecule has 6 heteroatoms. The fraction of sp³-hybridized carbons (Fsp3) is 0.417. The predicted molar refractivity (Wildman–Crippen MR) is 73.9 cm³/mol. The number of aromatic carboxylic acids is 1. The largest absolute Gasteiger partial charge is 0.478 e. The summed E-state index contributed by atoms with van der Waals surface area (Å²) in [6.07, 6.45) is 2.87. The molecule has 0 saturated heterocycles. The molecule has 0 radical (unpaired) electrons. The molecule has 0 heterocycles. The van der Waals surface area contributed by atoms with E-state index in [-0.39, 0.29) is 23.0 Å². The minimum atomic E-state index is -1.16. The molecule has 4 N–H and O–H groups in total. The van der Waals surface area contributed by atoms with Crippen LogP contribution in [0.25, 0.3) is 0 Å². The first-order valence-electron chi connectivity index (χ1n) is 5.53. The van der Waals surface area contributed by atoms with Crippen LogP contribution in [0.1, 0.15) is 23.7 Å². The van der Waals surface area contributed by atoms with Gasteiger partial charge in [-0.2, -0.15) is 11.8 Å². The van der Waals surface area contributed by atoms with Crippen molar-refractivity contribution in [3.8, 4) is 0 Å². The molecule has 0 spiro atoms. The van der Waals surface area contributed by atoms with Crippen LogP contribution >= 0.6 is 11.8 Å². The number of carbonyl (C=O) groups is 1. The van der Waals surface area contributed by atoms with E-state index in [4.69, 9.17) is 10.8 Å². The number of halogens is 1. The number of nitrogens with one attached hydrogen (secondary N) is 1. The third-order valence-electron chi connectivity index (χ3n) is 2.53. The normalized spacial score (nSPS) is 12.2. The predicted octanol–water partition coefficient (Wildman–Crippen LogP) is 2.66. The van der Waals surface area contributed by atoms with Gasteiger partial charge in [-0.25, -0.2) is 9.18 Å². The Bertz CT molecular complexity index is 440. The van der Waals surface area contributed by atoms with Crippen molar-refractivity contribution in [1.29, 1.82) is 0 Å². The highest BCUT2D eigenvalue weighted by Gasteiger charge is 2.14. The van der Waals surface area contributed by atoms with Gasteiger partial charge in [0, 0.05) is 11.7 Å². The van der Waals surface area contributed by atoms with Gasteiger partial charge in [0.25, 0.3) is 0 Å². The van der Waals surface area contributed by atoms with E-state index in [0.717, 1.165) is 18.2 Å². The molecule has 0 fully saturated rings. The highest BCUT2D eigenvalue weighted by Crippen LogP contribution is 2.23. The number of hydrogen-bond acceptors (Lipinski definition) is 4. The van der Waals surface area contributed by atoms with Crippen molar-refractivity contribution >= 4 is 29.1 Å². The second kappa shape index (κ2) is 6.49. The van der Waals surface area contributed by atoms with E-state index in [0.29, 0.717) is 0 Å². The van der Waals surface area contributed by atoms with E-state index in [2.05, 4.69) is 5.32 Å². The van der Waals surface area contributed by atoms with Crippen LogP contribution in [0, 0.1) is 5.82 Å². The summed E-state index contributed by atoms with van der Waals surface area (Å²) in [5.74, 6) is -0.739. The lowest BCUT2D eigenvalue weighted by atomic mass is 10.1. The number of carboxylic acid groups (broad SMARTS) is 1. The molecule has 0 amide bonds.